The lowest BCUT2D eigenvalue weighted by molar-refractivity contribution is 0.0272. The maximum absolute atomic E-state index is 11.5. The second kappa shape index (κ2) is 7.46. The molecule has 0 rings (SSSR count). The molecular formula is C11H23NO4. The molecule has 0 aliphatic carbocycles. The molecule has 0 bridgehead atoms. The van der Waals surface area contributed by atoms with Crippen molar-refractivity contribution < 1.29 is 19.4 Å². The molecule has 0 radical (unpaired) electrons. The maximum atomic E-state index is 11.5. The third-order valence-corrected chi connectivity index (χ3v) is 1.72. The van der Waals surface area contributed by atoms with E-state index in [0.29, 0.717) is 19.8 Å². The Hall–Kier alpha value is -0.810. The molecule has 0 saturated carbocycles. The second-order valence-electron chi connectivity index (χ2n) is 4.59. The first-order valence-electron chi connectivity index (χ1n) is 5.49. The first-order chi connectivity index (χ1) is 7.37. The second-order valence-corrected chi connectivity index (χ2v) is 4.59. The Balaban J connectivity index is 3.64. The highest BCUT2D eigenvalue weighted by atomic mass is 16.6. The molecular weight excluding hydrogens is 210 g/mol. The monoisotopic (exact) mass is 233 g/mol. The molecule has 0 aromatic rings. The molecule has 0 aliphatic heterocycles. The van der Waals surface area contributed by atoms with Gasteiger partial charge in [-0.1, -0.05) is 0 Å². The minimum atomic E-state index is -0.460. The summed E-state index contributed by atoms with van der Waals surface area (Å²) in [4.78, 5) is 13.0. The number of ether oxygens (including phenoxy) is 2. The van der Waals surface area contributed by atoms with E-state index >= 15 is 0 Å². The lowest BCUT2D eigenvalue weighted by atomic mass is 10.2. The van der Waals surface area contributed by atoms with E-state index in [1.807, 2.05) is 20.8 Å². The lowest BCUT2D eigenvalue weighted by Gasteiger charge is -2.24. The predicted octanol–water partition coefficient (Wildman–Crippen LogP) is 1.25. The van der Waals surface area contributed by atoms with Crippen LogP contribution in [0.25, 0.3) is 0 Å². The molecule has 5 nitrogen and oxygen atoms in total. The van der Waals surface area contributed by atoms with Crippen LogP contribution in [0.3, 0.4) is 0 Å². The summed E-state index contributed by atoms with van der Waals surface area (Å²) in [6, 6.07) is 0. The summed E-state index contributed by atoms with van der Waals surface area (Å²) < 4.78 is 10.3. The van der Waals surface area contributed by atoms with Gasteiger partial charge in [-0.15, -0.1) is 0 Å². The van der Waals surface area contributed by atoms with Crippen molar-refractivity contribution in [1.82, 2.24) is 4.90 Å². The van der Waals surface area contributed by atoms with Crippen molar-refractivity contribution in [3.05, 3.63) is 0 Å². The van der Waals surface area contributed by atoms with Gasteiger partial charge in [0, 0.05) is 20.2 Å². The molecule has 0 heterocycles. The first-order valence-corrected chi connectivity index (χ1v) is 5.49. The van der Waals surface area contributed by atoms with E-state index in [9.17, 15) is 4.79 Å². The third-order valence-electron chi connectivity index (χ3n) is 1.72. The molecule has 96 valence electrons. The summed E-state index contributed by atoms with van der Waals surface area (Å²) in [6.45, 7) is 7.00. The molecule has 0 spiro atoms. The van der Waals surface area contributed by atoms with Crippen molar-refractivity contribution in [1.29, 1.82) is 0 Å². The van der Waals surface area contributed by atoms with Gasteiger partial charge in [0.2, 0.25) is 0 Å². The van der Waals surface area contributed by atoms with Crippen molar-refractivity contribution in [3.63, 3.8) is 0 Å². The van der Waals surface area contributed by atoms with Gasteiger partial charge in [0.15, 0.2) is 0 Å². The Morgan fingerprint density at radius 1 is 1.31 bits per heavy atom. The zero-order chi connectivity index (χ0) is 12.6. The Morgan fingerprint density at radius 3 is 2.44 bits per heavy atom. The average Bonchev–Trinajstić information content (AvgIpc) is 2.14. The number of carbonyl (C=O) groups is 1. The molecule has 0 aromatic heterocycles. The van der Waals surface area contributed by atoms with Crippen LogP contribution in [0.2, 0.25) is 0 Å². The molecule has 1 N–H and O–H groups in total. The quantitative estimate of drug-likeness (QED) is 0.701. The van der Waals surface area contributed by atoms with E-state index in [4.69, 9.17) is 14.6 Å². The number of aliphatic hydroxyl groups excluding tert-OH is 1. The van der Waals surface area contributed by atoms with Crippen LogP contribution in [0, 0.1) is 0 Å². The van der Waals surface area contributed by atoms with Crippen LogP contribution < -0.4 is 0 Å². The molecule has 5 heteroatoms. The Labute approximate surface area is 97.3 Å². The molecule has 0 unspecified atom stereocenters. The zero-order valence-corrected chi connectivity index (χ0v) is 10.7. The highest BCUT2D eigenvalue weighted by Gasteiger charge is 2.18. The van der Waals surface area contributed by atoms with Crippen molar-refractivity contribution >= 4 is 6.09 Å². The third kappa shape index (κ3) is 8.49. The summed E-state index contributed by atoms with van der Waals surface area (Å²) >= 11 is 0. The summed E-state index contributed by atoms with van der Waals surface area (Å²) in [5.41, 5.74) is -0.460. The summed E-state index contributed by atoms with van der Waals surface area (Å²) in [5, 5.41) is 8.48. The summed E-state index contributed by atoms with van der Waals surface area (Å²) in [6.07, 6.45) is 0.407. The SMILES string of the molecule is CN(CCCOCCO)C(=O)OC(C)(C)C. The standard InChI is InChI=1S/C11H23NO4/c1-11(2,3)16-10(14)12(4)6-5-8-15-9-7-13/h13H,5-9H2,1-4H3. The Morgan fingerprint density at radius 2 is 1.94 bits per heavy atom. The fourth-order valence-electron chi connectivity index (χ4n) is 1.00. The van der Waals surface area contributed by atoms with Crippen molar-refractivity contribution in [3.8, 4) is 0 Å². The minimum absolute atomic E-state index is 0.0297. The maximum Gasteiger partial charge on any atom is 0.410 e. The first kappa shape index (κ1) is 15.2. The minimum Gasteiger partial charge on any atom is -0.444 e. The number of carbonyl (C=O) groups excluding carboxylic acids is 1. The van der Waals surface area contributed by atoms with Crippen molar-refractivity contribution in [2.75, 3.05) is 33.4 Å². The summed E-state index contributed by atoms with van der Waals surface area (Å²) in [7, 11) is 1.69. The number of amides is 1. The van der Waals surface area contributed by atoms with E-state index in [-0.39, 0.29) is 12.7 Å². The van der Waals surface area contributed by atoms with Crippen molar-refractivity contribution in [2.24, 2.45) is 0 Å². The molecule has 0 atom stereocenters. The molecule has 16 heavy (non-hydrogen) atoms. The fraction of sp³-hybridized carbons (Fsp3) is 0.909. The average molecular weight is 233 g/mol. The molecule has 1 amide bonds. The van der Waals surface area contributed by atoms with E-state index in [0.717, 1.165) is 6.42 Å². The summed E-state index contributed by atoms with van der Waals surface area (Å²) in [5.74, 6) is 0. The van der Waals surface area contributed by atoms with Crippen LogP contribution in [0.4, 0.5) is 4.79 Å². The molecule has 0 fully saturated rings. The van der Waals surface area contributed by atoms with Gasteiger partial charge in [-0.25, -0.2) is 4.79 Å². The number of aliphatic hydroxyl groups is 1. The van der Waals surface area contributed by atoms with E-state index in [2.05, 4.69) is 0 Å². The highest BCUT2D eigenvalue weighted by Crippen LogP contribution is 2.09. The van der Waals surface area contributed by atoms with Crippen LogP contribution in [0.5, 0.6) is 0 Å². The van der Waals surface area contributed by atoms with E-state index < -0.39 is 5.60 Å². The largest absolute Gasteiger partial charge is 0.444 e. The predicted molar refractivity (Wildman–Crippen MR) is 61.4 cm³/mol. The fourth-order valence-corrected chi connectivity index (χ4v) is 1.00. The molecule has 0 saturated heterocycles. The van der Waals surface area contributed by atoms with Gasteiger partial charge < -0.3 is 19.5 Å². The number of rotatable bonds is 6. The van der Waals surface area contributed by atoms with Gasteiger partial charge in [-0.3, -0.25) is 0 Å². The van der Waals surface area contributed by atoms with Crippen LogP contribution >= 0.6 is 0 Å². The lowest BCUT2D eigenvalue weighted by Crippen LogP contribution is -2.35. The van der Waals surface area contributed by atoms with Gasteiger partial charge in [0.1, 0.15) is 5.60 Å². The molecule has 0 aromatic carbocycles. The number of nitrogens with zero attached hydrogens (tertiary/aromatic N) is 1. The molecule has 0 aliphatic rings. The highest BCUT2D eigenvalue weighted by molar-refractivity contribution is 5.67. The van der Waals surface area contributed by atoms with Gasteiger partial charge in [0.05, 0.1) is 13.2 Å². The number of hydrogen-bond acceptors (Lipinski definition) is 4. The van der Waals surface area contributed by atoms with Crippen LogP contribution in [0.1, 0.15) is 27.2 Å². The van der Waals surface area contributed by atoms with Crippen LogP contribution in [0.15, 0.2) is 0 Å². The number of hydrogen-bond donors (Lipinski definition) is 1. The van der Waals surface area contributed by atoms with E-state index in [1.54, 1.807) is 7.05 Å². The van der Waals surface area contributed by atoms with Crippen LogP contribution in [-0.4, -0.2) is 55.1 Å². The van der Waals surface area contributed by atoms with E-state index in [1.165, 1.54) is 4.90 Å². The smallest absolute Gasteiger partial charge is 0.410 e. The van der Waals surface area contributed by atoms with Crippen molar-refractivity contribution in [2.45, 2.75) is 32.8 Å². The van der Waals surface area contributed by atoms with Gasteiger partial charge >= 0.3 is 6.09 Å². The zero-order valence-electron chi connectivity index (χ0n) is 10.7. The Kier molecular flexibility index (Phi) is 7.08. The Bertz CT molecular complexity index is 201. The topological polar surface area (TPSA) is 59.0 Å². The van der Waals surface area contributed by atoms with Gasteiger partial charge in [-0.05, 0) is 27.2 Å². The van der Waals surface area contributed by atoms with Gasteiger partial charge in [0.25, 0.3) is 0 Å². The van der Waals surface area contributed by atoms with Gasteiger partial charge in [-0.2, -0.15) is 0 Å². The normalized spacial score (nSPS) is 11.3. The van der Waals surface area contributed by atoms with Crippen LogP contribution in [-0.2, 0) is 9.47 Å².